The summed E-state index contributed by atoms with van der Waals surface area (Å²) in [5.74, 6) is 0. The Hall–Kier alpha value is -1.81. The fraction of sp³-hybridized carbons (Fsp3) is 0.286. The van der Waals surface area contributed by atoms with Gasteiger partial charge in [-0.2, -0.15) is 4.31 Å². The van der Waals surface area contributed by atoms with Crippen LogP contribution in [0.15, 0.2) is 46.7 Å². The molecule has 0 bridgehead atoms. The van der Waals surface area contributed by atoms with E-state index < -0.39 is 14.9 Å². The highest BCUT2D eigenvalue weighted by molar-refractivity contribution is 7.91. The summed E-state index contributed by atoms with van der Waals surface area (Å²) in [5.41, 5.74) is 6.53. The van der Waals surface area contributed by atoms with Crippen LogP contribution < -0.4 is 5.73 Å². The molecule has 0 saturated carbocycles. The monoisotopic (exact) mass is 355 g/mol. The molecule has 2 aromatic rings. The molecule has 0 aliphatic heterocycles. The first-order chi connectivity index (χ1) is 10.9. The van der Waals surface area contributed by atoms with Gasteiger partial charge in [-0.3, -0.25) is 10.1 Å². The Bertz CT molecular complexity index is 759. The van der Waals surface area contributed by atoms with Gasteiger partial charge in [-0.15, -0.1) is 0 Å². The predicted octanol–water partition coefficient (Wildman–Crippen LogP) is 1.85. The van der Waals surface area contributed by atoms with Crippen LogP contribution in [0.2, 0.25) is 0 Å². The molecule has 0 fully saturated rings. The van der Waals surface area contributed by atoms with Crippen molar-refractivity contribution in [3.8, 4) is 0 Å². The highest BCUT2D eigenvalue weighted by Gasteiger charge is 2.27. The Morgan fingerprint density at radius 2 is 1.83 bits per heavy atom. The number of nitro groups is 1. The van der Waals surface area contributed by atoms with Crippen molar-refractivity contribution in [3.63, 3.8) is 0 Å². The minimum absolute atomic E-state index is 0.0364. The molecular weight excluding hydrogens is 338 g/mol. The fourth-order valence-electron chi connectivity index (χ4n) is 2.07. The average Bonchev–Trinajstić information content (AvgIpc) is 3.03. The number of nitrogens with zero attached hydrogens (tertiary/aromatic N) is 2. The van der Waals surface area contributed by atoms with Crippen molar-refractivity contribution in [1.29, 1.82) is 0 Å². The quantitative estimate of drug-likeness (QED) is 0.574. The van der Waals surface area contributed by atoms with Crippen molar-refractivity contribution in [3.05, 3.63) is 58.1 Å². The highest BCUT2D eigenvalue weighted by atomic mass is 32.2. The summed E-state index contributed by atoms with van der Waals surface area (Å²) in [7, 11) is -3.78. The molecule has 1 heterocycles. The lowest BCUT2D eigenvalue weighted by molar-refractivity contribution is -0.380. The third-order valence-electron chi connectivity index (χ3n) is 3.21. The first-order valence-electron chi connectivity index (χ1n) is 6.93. The molecule has 0 aliphatic rings. The predicted molar refractivity (Wildman–Crippen MR) is 88.9 cm³/mol. The maximum absolute atomic E-state index is 12.6. The number of rotatable bonds is 8. The summed E-state index contributed by atoms with van der Waals surface area (Å²) in [6, 6.07) is 12.0. The normalized spacial score (nSPS) is 11.7. The SMILES string of the molecule is NCCN(CCc1ccccc1)S(=O)(=O)c1ccc([N+](=O)[O-])s1. The van der Waals surface area contributed by atoms with Gasteiger partial charge in [0.1, 0.15) is 4.21 Å². The van der Waals surface area contributed by atoms with Gasteiger partial charge < -0.3 is 5.73 Å². The zero-order valence-electron chi connectivity index (χ0n) is 12.3. The van der Waals surface area contributed by atoms with E-state index >= 15 is 0 Å². The van der Waals surface area contributed by atoms with Crippen LogP contribution in [-0.2, 0) is 16.4 Å². The minimum atomic E-state index is -3.78. The van der Waals surface area contributed by atoms with Gasteiger partial charge in [0.15, 0.2) is 0 Å². The van der Waals surface area contributed by atoms with Crippen LogP contribution in [0.4, 0.5) is 5.00 Å². The second-order valence-electron chi connectivity index (χ2n) is 4.78. The van der Waals surface area contributed by atoms with Crippen LogP contribution in [0, 0.1) is 10.1 Å². The second-order valence-corrected chi connectivity index (χ2v) is 8.01. The molecule has 0 radical (unpaired) electrons. The molecule has 2 rings (SSSR count). The van der Waals surface area contributed by atoms with Gasteiger partial charge in [-0.05, 0) is 29.4 Å². The molecule has 0 aliphatic carbocycles. The van der Waals surface area contributed by atoms with E-state index in [0.717, 1.165) is 5.56 Å². The Balaban J connectivity index is 2.18. The molecule has 1 aromatic heterocycles. The van der Waals surface area contributed by atoms with Crippen LogP contribution >= 0.6 is 11.3 Å². The maximum atomic E-state index is 12.6. The third-order valence-corrected chi connectivity index (χ3v) is 6.62. The summed E-state index contributed by atoms with van der Waals surface area (Å²) in [5, 5.41) is 10.5. The number of hydrogen-bond acceptors (Lipinski definition) is 6. The molecule has 0 saturated heterocycles. The average molecular weight is 355 g/mol. The summed E-state index contributed by atoms with van der Waals surface area (Å²) in [6.45, 7) is 0.623. The van der Waals surface area contributed by atoms with E-state index in [1.165, 1.54) is 16.4 Å². The van der Waals surface area contributed by atoms with Gasteiger partial charge in [-0.25, -0.2) is 8.42 Å². The molecule has 1 aromatic carbocycles. The van der Waals surface area contributed by atoms with Gasteiger partial charge in [0.05, 0.1) is 4.92 Å². The molecule has 0 atom stereocenters. The first-order valence-corrected chi connectivity index (χ1v) is 9.19. The molecule has 7 nitrogen and oxygen atoms in total. The molecule has 0 amide bonds. The Morgan fingerprint density at radius 3 is 2.39 bits per heavy atom. The fourth-order valence-corrected chi connectivity index (χ4v) is 4.79. The van der Waals surface area contributed by atoms with Gasteiger partial charge in [-0.1, -0.05) is 30.3 Å². The Labute approximate surface area is 138 Å². The smallest absolute Gasteiger partial charge is 0.325 e. The van der Waals surface area contributed by atoms with Crippen molar-refractivity contribution in [2.75, 3.05) is 19.6 Å². The number of thiophene rings is 1. The van der Waals surface area contributed by atoms with Crippen molar-refractivity contribution >= 4 is 26.4 Å². The van der Waals surface area contributed by atoms with Gasteiger partial charge in [0.25, 0.3) is 10.0 Å². The van der Waals surface area contributed by atoms with E-state index in [0.29, 0.717) is 17.8 Å². The van der Waals surface area contributed by atoms with E-state index in [9.17, 15) is 18.5 Å². The molecule has 9 heteroatoms. The Kier molecular flexibility index (Phi) is 5.83. The summed E-state index contributed by atoms with van der Waals surface area (Å²) in [6.07, 6.45) is 0.549. The number of nitrogens with two attached hydrogens (primary N) is 1. The summed E-state index contributed by atoms with van der Waals surface area (Å²) >= 11 is 0.654. The van der Waals surface area contributed by atoms with E-state index in [4.69, 9.17) is 5.73 Å². The van der Waals surface area contributed by atoms with E-state index in [1.807, 2.05) is 30.3 Å². The highest BCUT2D eigenvalue weighted by Crippen LogP contribution is 2.29. The molecule has 2 N–H and O–H groups in total. The largest absolute Gasteiger partial charge is 0.329 e. The van der Waals surface area contributed by atoms with Crippen LogP contribution in [0.3, 0.4) is 0 Å². The lowest BCUT2D eigenvalue weighted by Gasteiger charge is -2.20. The van der Waals surface area contributed by atoms with Crippen molar-refractivity contribution in [2.24, 2.45) is 5.73 Å². The lowest BCUT2D eigenvalue weighted by Crippen LogP contribution is -2.36. The topological polar surface area (TPSA) is 107 Å². The minimum Gasteiger partial charge on any atom is -0.329 e. The molecule has 0 spiro atoms. The number of hydrogen-bond donors (Lipinski definition) is 1. The van der Waals surface area contributed by atoms with Gasteiger partial charge >= 0.3 is 5.00 Å². The Morgan fingerprint density at radius 1 is 1.13 bits per heavy atom. The zero-order valence-corrected chi connectivity index (χ0v) is 13.9. The molecular formula is C14H17N3O4S2. The molecule has 124 valence electrons. The van der Waals surface area contributed by atoms with Crippen molar-refractivity contribution in [1.82, 2.24) is 4.31 Å². The van der Waals surface area contributed by atoms with E-state index in [-0.39, 0.29) is 28.8 Å². The second kappa shape index (κ2) is 7.64. The van der Waals surface area contributed by atoms with Crippen LogP contribution in [0.5, 0.6) is 0 Å². The summed E-state index contributed by atoms with van der Waals surface area (Å²) < 4.78 is 26.5. The van der Waals surface area contributed by atoms with Gasteiger partial charge in [0, 0.05) is 25.7 Å². The standard InChI is InChI=1S/C14H17N3O4S2/c15-9-11-16(10-8-12-4-2-1-3-5-12)23(20,21)14-7-6-13(22-14)17(18)19/h1-7H,8-11,15H2. The molecule has 23 heavy (non-hydrogen) atoms. The summed E-state index contributed by atoms with van der Waals surface area (Å²) in [4.78, 5) is 10.1. The molecule has 0 unspecified atom stereocenters. The number of benzene rings is 1. The van der Waals surface area contributed by atoms with E-state index in [1.54, 1.807) is 0 Å². The van der Waals surface area contributed by atoms with Crippen molar-refractivity contribution in [2.45, 2.75) is 10.6 Å². The maximum Gasteiger partial charge on any atom is 0.325 e. The zero-order chi connectivity index (χ0) is 16.9. The lowest BCUT2D eigenvalue weighted by atomic mass is 10.1. The third kappa shape index (κ3) is 4.35. The number of sulfonamides is 1. The first kappa shape index (κ1) is 17.5. The van der Waals surface area contributed by atoms with Crippen LogP contribution in [0.25, 0.3) is 0 Å². The van der Waals surface area contributed by atoms with Crippen LogP contribution in [0.1, 0.15) is 5.56 Å². The van der Waals surface area contributed by atoms with Crippen molar-refractivity contribution < 1.29 is 13.3 Å². The van der Waals surface area contributed by atoms with E-state index in [2.05, 4.69) is 0 Å². The van der Waals surface area contributed by atoms with Gasteiger partial charge in [0.2, 0.25) is 0 Å². The van der Waals surface area contributed by atoms with Crippen LogP contribution in [-0.4, -0.2) is 37.3 Å².